The third-order valence-corrected chi connectivity index (χ3v) is 5.26. The SMILES string of the molecule is COc1cc(Cl)ccc1C(Br)C(=O)N1CCc2ccc(OC(F)(F)F)cc21. The van der Waals surface area contributed by atoms with Gasteiger partial charge in [0.15, 0.2) is 0 Å². The van der Waals surface area contributed by atoms with E-state index in [1.54, 1.807) is 18.2 Å². The second-order valence-corrected chi connectivity index (χ2v) is 7.18. The molecule has 1 heterocycles. The van der Waals surface area contributed by atoms with Gasteiger partial charge in [0.2, 0.25) is 5.91 Å². The van der Waals surface area contributed by atoms with Gasteiger partial charge in [-0.15, -0.1) is 13.2 Å². The van der Waals surface area contributed by atoms with Crippen molar-refractivity contribution in [2.24, 2.45) is 0 Å². The molecule has 0 radical (unpaired) electrons. The van der Waals surface area contributed by atoms with Crippen molar-refractivity contribution in [1.82, 2.24) is 0 Å². The Labute approximate surface area is 166 Å². The van der Waals surface area contributed by atoms with Gasteiger partial charge < -0.3 is 14.4 Å². The minimum absolute atomic E-state index is 0.321. The minimum atomic E-state index is -4.80. The number of hydrogen-bond donors (Lipinski definition) is 0. The van der Waals surface area contributed by atoms with E-state index in [4.69, 9.17) is 16.3 Å². The van der Waals surface area contributed by atoms with Crippen molar-refractivity contribution in [2.75, 3.05) is 18.6 Å². The van der Waals surface area contributed by atoms with Crippen molar-refractivity contribution in [3.63, 3.8) is 0 Å². The summed E-state index contributed by atoms with van der Waals surface area (Å²) in [6.45, 7) is 0.363. The lowest BCUT2D eigenvalue weighted by Gasteiger charge is -2.22. The van der Waals surface area contributed by atoms with Crippen LogP contribution >= 0.6 is 27.5 Å². The number of halogens is 5. The maximum atomic E-state index is 13.0. The first kappa shape index (κ1) is 19.8. The molecule has 2 aromatic rings. The predicted octanol–water partition coefficient (Wildman–Crippen LogP) is 5.27. The molecule has 2 aromatic carbocycles. The summed E-state index contributed by atoms with van der Waals surface area (Å²) >= 11 is 9.32. The van der Waals surface area contributed by atoms with E-state index in [1.165, 1.54) is 30.2 Å². The van der Waals surface area contributed by atoms with Gasteiger partial charge in [0, 0.05) is 23.2 Å². The molecule has 144 valence electrons. The Kier molecular flexibility index (Phi) is 5.58. The Balaban J connectivity index is 1.88. The first-order valence-corrected chi connectivity index (χ1v) is 9.16. The van der Waals surface area contributed by atoms with Crippen molar-refractivity contribution < 1.29 is 27.4 Å². The molecule has 4 nitrogen and oxygen atoms in total. The molecule has 0 saturated carbocycles. The fraction of sp³-hybridized carbons (Fsp3) is 0.278. The zero-order valence-corrected chi connectivity index (χ0v) is 16.4. The minimum Gasteiger partial charge on any atom is -0.496 e. The molecule has 1 aliphatic rings. The molecule has 9 heteroatoms. The van der Waals surface area contributed by atoms with E-state index in [-0.39, 0.29) is 11.7 Å². The lowest BCUT2D eigenvalue weighted by atomic mass is 10.1. The van der Waals surface area contributed by atoms with Gasteiger partial charge in [-0.05, 0) is 30.2 Å². The Bertz CT molecular complexity index is 875. The Morgan fingerprint density at radius 1 is 1.26 bits per heavy atom. The number of nitrogens with zero attached hydrogens (tertiary/aromatic N) is 1. The van der Waals surface area contributed by atoms with E-state index in [9.17, 15) is 18.0 Å². The number of benzene rings is 2. The van der Waals surface area contributed by atoms with Crippen LogP contribution in [0.3, 0.4) is 0 Å². The number of alkyl halides is 4. The second kappa shape index (κ2) is 7.59. The third kappa shape index (κ3) is 4.32. The smallest absolute Gasteiger partial charge is 0.496 e. The van der Waals surface area contributed by atoms with E-state index in [0.29, 0.717) is 35.0 Å². The maximum absolute atomic E-state index is 13.0. The van der Waals surface area contributed by atoms with Crippen molar-refractivity contribution in [3.05, 3.63) is 52.5 Å². The van der Waals surface area contributed by atoms with Crippen LogP contribution in [0.1, 0.15) is 16.0 Å². The van der Waals surface area contributed by atoms with Gasteiger partial charge in [-0.25, -0.2) is 0 Å². The van der Waals surface area contributed by atoms with E-state index in [2.05, 4.69) is 20.7 Å². The molecule has 0 bridgehead atoms. The number of carbonyl (C=O) groups excluding carboxylic acids is 1. The van der Waals surface area contributed by atoms with Crippen LogP contribution in [0.2, 0.25) is 5.02 Å². The van der Waals surface area contributed by atoms with Gasteiger partial charge >= 0.3 is 6.36 Å². The normalized spacial score (nSPS) is 14.7. The zero-order valence-electron chi connectivity index (χ0n) is 14.0. The Morgan fingerprint density at radius 3 is 2.67 bits per heavy atom. The molecule has 0 aliphatic carbocycles. The van der Waals surface area contributed by atoms with E-state index in [1.807, 2.05) is 0 Å². The molecule has 1 amide bonds. The van der Waals surface area contributed by atoms with Crippen molar-refractivity contribution >= 4 is 39.1 Å². The van der Waals surface area contributed by atoms with E-state index < -0.39 is 11.2 Å². The summed E-state index contributed by atoms with van der Waals surface area (Å²) in [5.41, 5.74) is 1.75. The quantitative estimate of drug-likeness (QED) is 0.579. The highest BCUT2D eigenvalue weighted by molar-refractivity contribution is 9.09. The molecule has 0 aromatic heterocycles. The maximum Gasteiger partial charge on any atom is 0.573 e. The highest BCUT2D eigenvalue weighted by atomic mass is 79.9. The standard InChI is InChI=1S/C18H14BrClF3NO3/c1-26-15-8-11(20)3-5-13(15)16(19)17(25)24-7-6-10-2-4-12(9-14(10)24)27-18(21,22)23/h2-5,8-9,16H,6-7H2,1H3. The largest absolute Gasteiger partial charge is 0.573 e. The first-order chi connectivity index (χ1) is 12.7. The summed E-state index contributed by atoms with van der Waals surface area (Å²) in [4.78, 5) is 13.7. The van der Waals surface area contributed by atoms with Gasteiger partial charge in [-0.2, -0.15) is 0 Å². The molecule has 1 unspecified atom stereocenters. The lowest BCUT2D eigenvalue weighted by molar-refractivity contribution is -0.274. The molecule has 0 N–H and O–H groups in total. The monoisotopic (exact) mass is 463 g/mol. The van der Waals surface area contributed by atoms with E-state index in [0.717, 1.165) is 5.56 Å². The lowest BCUT2D eigenvalue weighted by Crippen LogP contribution is -2.32. The second-order valence-electron chi connectivity index (χ2n) is 5.83. The molecule has 3 rings (SSSR count). The van der Waals surface area contributed by atoms with Crippen molar-refractivity contribution in [3.8, 4) is 11.5 Å². The Morgan fingerprint density at radius 2 is 2.00 bits per heavy atom. The molecule has 1 atom stereocenters. The molecule has 0 fully saturated rings. The van der Waals surface area contributed by atoms with Gasteiger partial charge in [-0.1, -0.05) is 39.7 Å². The average Bonchev–Trinajstić information content (AvgIpc) is 3.02. The first-order valence-electron chi connectivity index (χ1n) is 7.87. The number of carbonyl (C=O) groups is 1. The van der Waals surface area contributed by atoms with Gasteiger partial charge in [-0.3, -0.25) is 4.79 Å². The number of hydrogen-bond acceptors (Lipinski definition) is 3. The van der Waals surface area contributed by atoms with Crippen LogP contribution in [0, 0.1) is 0 Å². The predicted molar refractivity (Wildman–Crippen MR) is 98.9 cm³/mol. The van der Waals surface area contributed by atoms with Crippen LogP contribution in [0.15, 0.2) is 36.4 Å². The summed E-state index contributed by atoms with van der Waals surface area (Å²) in [5.74, 6) is -0.249. The van der Waals surface area contributed by atoms with Gasteiger partial charge in [0.1, 0.15) is 16.3 Å². The molecule has 1 aliphatic heterocycles. The van der Waals surface area contributed by atoms with Crippen LogP contribution in [0.5, 0.6) is 11.5 Å². The van der Waals surface area contributed by atoms with Gasteiger partial charge in [0.05, 0.1) is 12.8 Å². The molecular weight excluding hydrogens is 451 g/mol. The molecule has 0 saturated heterocycles. The van der Waals surface area contributed by atoms with Crippen LogP contribution in [-0.4, -0.2) is 25.9 Å². The average molecular weight is 465 g/mol. The van der Waals surface area contributed by atoms with Gasteiger partial charge in [0.25, 0.3) is 0 Å². The number of methoxy groups -OCH3 is 1. The van der Waals surface area contributed by atoms with Crippen LogP contribution in [0.25, 0.3) is 0 Å². The number of rotatable bonds is 4. The summed E-state index contributed by atoms with van der Waals surface area (Å²) in [7, 11) is 1.46. The number of amides is 1. The van der Waals surface area contributed by atoms with E-state index >= 15 is 0 Å². The third-order valence-electron chi connectivity index (χ3n) is 4.14. The Hall–Kier alpha value is -1.93. The van der Waals surface area contributed by atoms with Crippen molar-refractivity contribution in [2.45, 2.75) is 17.6 Å². The fourth-order valence-electron chi connectivity index (χ4n) is 2.95. The number of ether oxygens (including phenoxy) is 2. The highest BCUT2D eigenvalue weighted by Crippen LogP contribution is 2.39. The molecular formula is C18H14BrClF3NO3. The molecule has 0 spiro atoms. The topological polar surface area (TPSA) is 38.8 Å². The summed E-state index contributed by atoms with van der Waals surface area (Å²) in [6.07, 6.45) is -4.25. The van der Waals surface area contributed by atoms with Crippen LogP contribution in [0.4, 0.5) is 18.9 Å². The number of fused-ring (bicyclic) bond motifs is 1. The molecule has 27 heavy (non-hydrogen) atoms. The van der Waals surface area contributed by atoms with Crippen LogP contribution < -0.4 is 14.4 Å². The summed E-state index contributed by atoms with van der Waals surface area (Å²) < 4.78 is 46.7. The van der Waals surface area contributed by atoms with Crippen molar-refractivity contribution in [1.29, 1.82) is 0 Å². The zero-order chi connectivity index (χ0) is 19.8. The fourth-order valence-corrected chi connectivity index (χ4v) is 3.74. The summed E-state index contributed by atoms with van der Waals surface area (Å²) in [6, 6.07) is 8.90. The summed E-state index contributed by atoms with van der Waals surface area (Å²) in [5, 5.41) is 0.461. The van der Waals surface area contributed by atoms with Crippen LogP contribution in [-0.2, 0) is 11.2 Å². The highest BCUT2D eigenvalue weighted by Gasteiger charge is 2.34. The number of anilines is 1.